The van der Waals surface area contributed by atoms with E-state index in [9.17, 15) is 9.59 Å². The van der Waals surface area contributed by atoms with Gasteiger partial charge in [-0.25, -0.2) is 4.79 Å². The van der Waals surface area contributed by atoms with Crippen LogP contribution in [0.15, 0.2) is 48.5 Å². The van der Waals surface area contributed by atoms with Crippen molar-refractivity contribution in [1.82, 2.24) is 15.5 Å². The minimum Gasteiger partial charge on any atom is -0.349 e. The summed E-state index contributed by atoms with van der Waals surface area (Å²) < 4.78 is 0. The summed E-state index contributed by atoms with van der Waals surface area (Å²) in [7, 11) is 0. The van der Waals surface area contributed by atoms with Crippen LogP contribution in [0.2, 0.25) is 0 Å². The number of carbonyl (C=O) groups excluding carboxylic acids is 2. The lowest BCUT2D eigenvalue weighted by molar-refractivity contribution is 0.0909. The van der Waals surface area contributed by atoms with E-state index in [1.165, 1.54) is 11.1 Å². The number of anilines is 1. The quantitative estimate of drug-likeness (QED) is 0.685. The van der Waals surface area contributed by atoms with Crippen LogP contribution in [0.3, 0.4) is 0 Å². The highest BCUT2D eigenvalue weighted by molar-refractivity contribution is 5.97. The zero-order valence-electron chi connectivity index (χ0n) is 17.5. The molecular formula is C24H30N4O2. The molecule has 0 spiro atoms. The van der Waals surface area contributed by atoms with Crippen LogP contribution >= 0.6 is 0 Å². The molecule has 6 heteroatoms. The van der Waals surface area contributed by atoms with Gasteiger partial charge in [-0.2, -0.15) is 0 Å². The first kappa shape index (κ1) is 20.4. The second-order valence-electron chi connectivity index (χ2n) is 8.40. The summed E-state index contributed by atoms with van der Waals surface area (Å²) in [4.78, 5) is 27.1. The van der Waals surface area contributed by atoms with Gasteiger partial charge in [0, 0.05) is 43.0 Å². The highest BCUT2D eigenvalue weighted by Crippen LogP contribution is 2.19. The van der Waals surface area contributed by atoms with Crippen LogP contribution in [0.4, 0.5) is 10.5 Å². The molecule has 2 aromatic rings. The molecule has 0 atom stereocenters. The fourth-order valence-corrected chi connectivity index (χ4v) is 3.85. The molecule has 30 heavy (non-hydrogen) atoms. The van der Waals surface area contributed by atoms with E-state index >= 15 is 0 Å². The van der Waals surface area contributed by atoms with Crippen LogP contribution in [0.25, 0.3) is 0 Å². The topological polar surface area (TPSA) is 73.5 Å². The van der Waals surface area contributed by atoms with Crippen molar-refractivity contribution in [2.75, 3.05) is 18.4 Å². The van der Waals surface area contributed by atoms with Gasteiger partial charge in [0.05, 0.1) is 0 Å². The second kappa shape index (κ2) is 9.30. The van der Waals surface area contributed by atoms with Gasteiger partial charge in [-0.05, 0) is 61.9 Å². The summed E-state index contributed by atoms with van der Waals surface area (Å²) in [6.45, 7) is 5.06. The second-order valence-corrected chi connectivity index (χ2v) is 8.40. The maximum absolute atomic E-state index is 12.7. The summed E-state index contributed by atoms with van der Waals surface area (Å²) in [5.41, 5.74) is 3.90. The average Bonchev–Trinajstić information content (AvgIpc) is 3.55. The monoisotopic (exact) mass is 406 g/mol. The Bertz CT molecular complexity index is 902. The van der Waals surface area contributed by atoms with Gasteiger partial charge in [0.15, 0.2) is 0 Å². The van der Waals surface area contributed by atoms with Crippen molar-refractivity contribution in [3.63, 3.8) is 0 Å². The van der Waals surface area contributed by atoms with Crippen molar-refractivity contribution in [2.45, 2.75) is 51.2 Å². The summed E-state index contributed by atoms with van der Waals surface area (Å²) in [6.07, 6.45) is 3.97. The molecule has 2 aromatic carbocycles. The van der Waals surface area contributed by atoms with E-state index in [-0.39, 0.29) is 18.0 Å². The molecular weight excluding hydrogens is 376 g/mol. The van der Waals surface area contributed by atoms with Gasteiger partial charge < -0.3 is 16.0 Å². The number of hydrogen-bond donors (Lipinski definition) is 3. The van der Waals surface area contributed by atoms with Gasteiger partial charge in [0.25, 0.3) is 5.91 Å². The highest BCUT2D eigenvalue weighted by atomic mass is 16.2. The Kier molecular flexibility index (Phi) is 6.33. The van der Waals surface area contributed by atoms with Crippen molar-refractivity contribution >= 4 is 17.6 Å². The zero-order valence-corrected chi connectivity index (χ0v) is 17.5. The molecule has 1 aliphatic carbocycles. The Hall–Kier alpha value is -2.86. The number of urea groups is 1. The predicted octanol–water partition coefficient (Wildman–Crippen LogP) is 3.67. The number of benzene rings is 2. The summed E-state index contributed by atoms with van der Waals surface area (Å²) in [5.74, 6) is -0.0846. The molecule has 3 amide bonds. The molecule has 0 unspecified atom stereocenters. The van der Waals surface area contributed by atoms with Gasteiger partial charge in [-0.1, -0.05) is 30.3 Å². The number of aryl methyl sites for hydroxylation is 1. The van der Waals surface area contributed by atoms with Gasteiger partial charge in [-0.15, -0.1) is 0 Å². The van der Waals surface area contributed by atoms with Crippen molar-refractivity contribution < 1.29 is 9.59 Å². The molecule has 2 aliphatic rings. The number of carbonyl (C=O) groups is 2. The highest BCUT2D eigenvalue weighted by Gasteiger charge is 2.24. The third-order valence-corrected chi connectivity index (χ3v) is 5.87. The van der Waals surface area contributed by atoms with E-state index in [1.54, 1.807) is 24.3 Å². The normalized spacial score (nSPS) is 17.4. The number of likely N-dealkylation sites (tertiary alicyclic amines) is 1. The Morgan fingerprint density at radius 1 is 0.933 bits per heavy atom. The first-order valence-corrected chi connectivity index (χ1v) is 10.8. The lowest BCUT2D eigenvalue weighted by atomic mass is 10.0. The number of nitrogens with one attached hydrogen (secondary N) is 3. The molecule has 2 fully saturated rings. The maximum Gasteiger partial charge on any atom is 0.319 e. The van der Waals surface area contributed by atoms with Crippen LogP contribution in [-0.4, -0.2) is 42.0 Å². The lowest BCUT2D eigenvalue weighted by Crippen LogP contribution is -2.44. The summed E-state index contributed by atoms with van der Waals surface area (Å²) in [5, 5.41) is 8.86. The predicted molar refractivity (Wildman–Crippen MR) is 119 cm³/mol. The van der Waals surface area contributed by atoms with Crippen molar-refractivity contribution in [1.29, 1.82) is 0 Å². The van der Waals surface area contributed by atoms with Gasteiger partial charge in [0.2, 0.25) is 0 Å². The van der Waals surface area contributed by atoms with Gasteiger partial charge in [0.1, 0.15) is 0 Å². The molecule has 3 N–H and O–H groups in total. The molecule has 1 saturated carbocycles. The molecule has 4 rings (SSSR count). The molecule has 1 aliphatic heterocycles. The van der Waals surface area contributed by atoms with Crippen molar-refractivity contribution in [3.05, 3.63) is 65.2 Å². The third kappa shape index (κ3) is 5.60. The first-order chi connectivity index (χ1) is 14.6. The Morgan fingerprint density at radius 3 is 2.40 bits per heavy atom. The number of amides is 3. The van der Waals surface area contributed by atoms with Crippen LogP contribution in [0.1, 0.15) is 47.2 Å². The zero-order chi connectivity index (χ0) is 20.9. The van der Waals surface area contributed by atoms with Gasteiger partial charge >= 0.3 is 6.03 Å². The molecule has 0 aromatic heterocycles. The number of hydrogen-bond acceptors (Lipinski definition) is 3. The smallest absolute Gasteiger partial charge is 0.319 e. The van der Waals surface area contributed by atoms with Gasteiger partial charge in [-0.3, -0.25) is 9.69 Å². The average molecular weight is 407 g/mol. The third-order valence-electron chi connectivity index (χ3n) is 5.87. The van der Waals surface area contributed by atoms with E-state index in [0.29, 0.717) is 17.3 Å². The van der Waals surface area contributed by atoms with Crippen LogP contribution in [0.5, 0.6) is 0 Å². The Balaban J connectivity index is 1.26. The van der Waals surface area contributed by atoms with E-state index < -0.39 is 0 Å². The van der Waals surface area contributed by atoms with Crippen molar-refractivity contribution in [2.24, 2.45) is 0 Å². The molecule has 6 nitrogen and oxygen atoms in total. The number of piperidine rings is 1. The lowest BCUT2D eigenvalue weighted by Gasteiger charge is -2.32. The summed E-state index contributed by atoms with van der Waals surface area (Å²) >= 11 is 0. The molecule has 1 heterocycles. The van der Waals surface area contributed by atoms with Crippen LogP contribution < -0.4 is 16.0 Å². The molecule has 0 bridgehead atoms. The Morgan fingerprint density at radius 2 is 1.67 bits per heavy atom. The number of nitrogens with zero attached hydrogens (tertiary/aromatic N) is 1. The Labute approximate surface area is 178 Å². The first-order valence-electron chi connectivity index (χ1n) is 10.8. The molecule has 1 saturated heterocycles. The molecule has 158 valence electrons. The minimum absolute atomic E-state index is 0.0846. The standard InChI is InChI=1S/C24H30N4O2/c1-17-5-2-3-6-19(17)16-28-13-11-21(12-14-28)25-23(29)18-7-4-8-22(15-18)27-24(30)26-20-9-10-20/h2-8,15,20-21H,9-14,16H2,1H3,(H,25,29)(H2,26,27,30). The number of rotatable bonds is 6. The van der Waals surface area contributed by atoms with E-state index in [1.807, 2.05) is 0 Å². The van der Waals surface area contributed by atoms with E-state index in [2.05, 4.69) is 52.0 Å². The largest absolute Gasteiger partial charge is 0.349 e. The van der Waals surface area contributed by atoms with Crippen molar-refractivity contribution in [3.8, 4) is 0 Å². The fourth-order valence-electron chi connectivity index (χ4n) is 3.85. The summed E-state index contributed by atoms with van der Waals surface area (Å²) in [6, 6.07) is 15.9. The fraction of sp³-hybridized carbons (Fsp3) is 0.417. The van der Waals surface area contributed by atoms with E-state index in [0.717, 1.165) is 45.3 Å². The minimum atomic E-state index is -0.212. The maximum atomic E-state index is 12.7. The SMILES string of the molecule is Cc1ccccc1CN1CCC(NC(=O)c2cccc(NC(=O)NC3CC3)c2)CC1. The van der Waals surface area contributed by atoms with Crippen LogP contribution in [-0.2, 0) is 6.54 Å². The molecule has 0 radical (unpaired) electrons. The van der Waals surface area contributed by atoms with E-state index in [4.69, 9.17) is 0 Å². The van der Waals surface area contributed by atoms with Crippen LogP contribution in [0, 0.1) is 6.92 Å².